The number of anilines is 1. The number of nitrogens with zero attached hydrogens (tertiary/aromatic N) is 2. The van der Waals surface area contributed by atoms with E-state index in [1.54, 1.807) is 19.2 Å². The van der Waals surface area contributed by atoms with Gasteiger partial charge in [0.15, 0.2) is 12.4 Å². The Hall–Kier alpha value is -3.54. The van der Waals surface area contributed by atoms with Crippen molar-refractivity contribution in [1.29, 1.82) is 0 Å². The highest BCUT2D eigenvalue weighted by Gasteiger charge is 2.45. The van der Waals surface area contributed by atoms with Crippen LogP contribution < -0.4 is 23.8 Å². The van der Waals surface area contributed by atoms with E-state index in [0.717, 1.165) is 62.8 Å². The molecule has 0 bridgehead atoms. The number of hydrogen-bond donors (Lipinski definition) is 3. The minimum absolute atomic E-state index is 0.0441. The fraction of sp³-hybridized carbons (Fsp3) is 0.500. The van der Waals surface area contributed by atoms with Crippen LogP contribution in [-0.2, 0) is 11.3 Å². The molecule has 6 rings (SSSR count). The summed E-state index contributed by atoms with van der Waals surface area (Å²) in [5, 5.41) is 32.2. The third-order valence-corrected chi connectivity index (χ3v) is 9.14. The normalized spacial score (nSPS) is 26.0. The van der Waals surface area contributed by atoms with Crippen molar-refractivity contribution in [3.63, 3.8) is 0 Å². The number of benzene rings is 3. The number of hydrogen-bond acceptors (Lipinski definition) is 10. The first-order chi connectivity index (χ1) is 22.4. The van der Waals surface area contributed by atoms with E-state index < -0.39 is 30.7 Å². The molecule has 3 N–H and O–H groups in total. The monoisotopic (exact) mass is 634 g/mol. The molecule has 1 saturated carbocycles. The first-order valence-corrected chi connectivity index (χ1v) is 16.4. The Labute approximate surface area is 271 Å². The van der Waals surface area contributed by atoms with Gasteiger partial charge in [-0.15, -0.1) is 0 Å². The summed E-state index contributed by atoms with van der Waals surface area (Å²) in [6.45, 7) is 4.61. The van der Waals surface area contributed by atoms with Crippen molar-refractivity contribution in [1.82, 2.24) is 4.90 Å². The van der Waals surface area contributed by atoms with Crippen LogP contribution in [0.3, 0.4) is 0 Å². The minimum atomic E-state index is -1.45. The zero-order valence-corrected chi connectivity index (χ0v) is 26.4. The molecule has 5 atom stereocenters. The molecule has 248 valence electrons. The van der Waals surface area contributed by atoms with E-state index >= 15 is 0 Å². The van der Waals surface area contributed by atoms with Gasteiger partial charge in [0.1, 0.15) is 47.9 Å². The summed E-state index contributed by atoms with van der Waals surface area (Å²) < 4.78 is 28.8. The lowest BCUT2D eigenvalue weighted by atomic mass is 9.98. The number of aliphatic hydroxyl groups excluding tert-OH is 3. The quantitative estimate of drug-likeness (QED) is 0.286. The third-order valence-electron chi connectivity index (χ3n) is 9.14. The standard InChI is InChI=1S/C36H46N2O8/c1-42-31-9-5-6-25(22-31)23-37-18-20-38(21-19-37)26-10-12-27(13-11-26)43-24-32-33(39)34(40)35(36(41)46-32)45-30-16-14-29(15-17-30)44-28-7-3-2-4-8-28/h5-6,9-17,22,28,32-36,39-41H,2-4,7-8,18-21,23-24H2,1H3/t32-,33-,34+,35-,36+/m1/s1. The summed E-state index contributed by atoms with van der Waals surface area (Å²) in [7, 11) is 1.69. The average Bonchev–Trinajstić information content (AvgIpc) is 3.09. The second-order valence-corrected chi connectivity index (χ2v) is 12.4. The predicted molar refractivity (Wildman–Crippen MR) is 174 cm³/mol. The molecule has 1 aliphatic carbocycles. The Kier molecular flexibility index (Phi) is 10.8. The van der Waals surface area contributed by atoms with E-state index in [1.807, 2.05) is 48.5 Å². The molecule has 46 heavy (non-hydrogen) atoms. The molecule has 3 aromatic carbocycles. The van der Waals surface area contributed by atoms with E-state index in [4.69, 9.17) is 23.7 Å². The number of methoxy groups -OCH3 is 1. The molecule has 0 radical (unpaired) electrons. The molecule has 10 heteroatoms. The van der Waals surface area contributed by atoms with E-state index in [9.17, 15) is 15.3 Å². The van der Waals surface area contributed by atoms with Gasteiger partial charge in [-0.05, 0) is 91.9 Å². The van der Waals surface area contributed by atoms with Crippen LogP contribution in [0.1, 0.15) is 37.7 Å². The molecule has 2 aliphatic heterocycles. The number of aliphatic hydroxyl groups is 3. The average molecular weight is 635 g/mol. The zero-order valence-electron chi connectivity index (χ0n) is 26.4. The predicted octanol–water partition coefficient (Wildman–Crippen LogP) is 3.99. The summed E-state index contributed by atoms with van der Waals surface area (Å²) in [6, 6.07) is 23.1. The molecule has 2 saturated heterocycles. The van der Waals surface area contributed by atoms with Crippen LogP contribution in [0.15, 0.2) is 72.8 Å². The van der Waals surface area contributed by atoms with Gasteiger partial charge in [-0.2, -0.15) is 0 Å². The molecule has 10 nitrogen and oxygen atoms in total. The Morgan fingerprint density at radius 1 is 0.739 bits per heavy atom. The van der Waals surface area contributed by atoms with Gasteiger partial charge in [0.25, 0.3) is 0 Å². The molecule has 0 aromatic heterocycles. The molecule has 3 aliphatic rings. The van der Waals surface area contributed by atoms with Gasteiger partial charge in [0, 0.05) is 38.4 Å². The van der Waals surface area contributed by atoms with Crippen molar-refractivity contribution >= 4 is 5.69 Å². The molecule has 2 heterocycles. The molecule has 0 spiro atoms. The van der Waals surface area contributed by atoms with E-state index in [2.05, 4.69) is 21.9 Å². The van der Waals surface area contributed by atoms with Crippen LogP contribution in [0.5, 0.6) is 23.0 Å². The van der Waals surface area contributed by atoms with Crippen molar-refractivity contribution in [2.24, 2.45) is 0 Å². The fourth-order valence-corrected chi connectivity index (χ4v) is 6.44. The Bertz CT molecular complexity index is 1360. The fourth-order valence-electron chi connectivity index (χ4n) is 6.44. The van der Waals surface area contributed by atoms with Crippen molar-refractivity contribution in [2.45, 2.75) is 75.5 Å². The smallest absolute Gasteiger partial charge is 0.195 e. The van der Waals surface area contributed by atoms with Crippen LogP contribution in [0.25, 0.3) is 0 Å². The molecule has 3 fully saturated rings. The topological polar surface area (TPSA) is 113 Å². The highest BCUT2D eigenvalue weighted by atomic mass is 16.7. The highest BCUT2D eigenvalue weighted by Crippen LogP contribution is 2.29. The van der Waals surface area contributed by atoms with E-state index in [0.29, 0.717) is 11.5 Å². The maximum Gasteiger partial charge on any atom is 0.195 e. The number of ether oxygens (including phenoxy) is 5. The van der Waals surface area contributed by atoms with Crippen molar-refractivity contribution in [2.75, 3.05) is 44.8 Å². The van der Waals surface area contributed by atoms with Crippen LogP contribution in [0, 0.1) is 0 Å². The van der Waals surface area contributed by atoms with E-state index in [-0.39, 0.29) is 12.7 Å². The molecular weight excluding hydrogens is 588 g/mol. The summed E-state index contributed by atoms with van der Waals surface area (Å²) in [6.07, 6.45) is -0.224. The Balaban J connectivity index is 0.945. The van der Waals surface area contributed by atoms with Gasteiger partial charge in [-0.1, -0.05) is 18.6 Å². The summed E-state index contributed by atoms with van der Waals surface area (Å²) in [4.78, 5) is 4.80. The van der Waals surface area contributed by atoms with Crippen LogP contribution in [-0.4, -0.2) is 96.9 Å². The van der Waals surface area contributed by atoms with Crippen molar-refractivity contribution in [3.8, 4) is 23.0 Å². The maximum absolute atomic E-state index is 10.8. The van der Waals surface area contributed by atoms with Gasteiger partial charge in [0.05, 0.1) is 13.2 Å². The minimum Gasteiger partial charge on any atom is -0.497 e. The highest BCUT2D eigenvalue weighted by molar-refractivity contribution is 5.49. The molecule has 0 amide bonds. The summed E-state index contributed by atoms with van der Waals surface area (Å²) >= 11 is 0. The lowest BCUT2D eigenvalue weighted by Gasteiger charge is -2.40. The zero-order chi connectivity index (χ0) is 31.9. The van der Waals surface area contributed by atoms with Crippen molar-refractivity contribution in [3.05, 3.63) is 78.4 Å². The largest absolute Gasteiger partial charge is 0.497 e. The molecular formula is C36H46N2O8. The Morgan fingerprint density at radius 2 is 1.41 bits per heavy atom. The lowest BCUT2D eigenvalue weighted by Crippen LogP contribution is -2.60. The SMILES string of the molecule is COc1cccc(CN2CCN(c3ccc(OC[C@H]4O[C@H](O)[C@H](Oc5ccc(OC6CCCCC6)cc5)[C@@H](O)[C@@H]4O)cc3)CC2)c1. The van der Waals surface area contributed by atoms with Gasteiger partial charge < -0.3 is 43.9 Å². The van der Waals surface area contributed by atoms with Gasteiger partial charge >= 0.3 is 0 Å². The second kappa shape index (κ2) is 15.4. The first-order valence-electron chi connectivity index (χ1n) is 16.4. The lowest BCUT2D eigenvalue weighted by molar-refractivity contribution is -0.279. The van der Waals surface area contributed by atoms with E-state index in [1.165, 1.54) is 24.8 Å². The maximum atomic E-state index is 10.8. The first kappa shape index (κ1) is 32.4. The number of piperazine rings is 1. The molecule has 3 aromatic rings. The Morgan fingerprint density at radius 3 is 2.11 bits per heavy atom. The molecule has 0 unspecified atom stereocenters. The third kappa shape index (κ3) is 8.24. The summed E-state index contributed by atoms with van der Waals surface area (Å²) in [5.74, 6) is 2.68. The van der Waals surface area contributed by atoms with Crippen LogP contribution in [0.2, 0.25) is 0 Å². The number of rotatable bonds is 11. The van der Waals surface area contributed by atoms with Crippen LogP contribution in [0.4, 0.5) is 5.69 Å². The van der Waals surface area contributed by atoms with Gasteiger partial charge in [0.2, 0.25) is 0 Å². The second-order valence-electron chi connectivity index (χ2n) is 12.4. The van der Waals surface area contributed by atoms with Crippen molar-refractivity contribution < 1.29 is 39.0 Å². The van der Waals surface area contributed by atoms with Crippen LogP contribution >= 0.6 is 0 Å². The summed E-state index contributed by atoms with van der Waals surface area (Å²) in [5.41, 5.74) is 2.36. The van der Waals surface area contributed by atoms with Gasteiger partial charge in [-0.3, -0.25) is 4.90 Å². The van der Waals surface area contributed by atoms with Gasteiger partial charge in [-0.25, -0.2) is 0 Å².